The zero-order valence-corrected chi connectivity index (χ0v) is 13.8. The predicted molar refractivity (Wildman–Crippen MR) is 85.4 cm³/mol. The minimum atomic E-state index is -0.216. The molecule has 3 atom stereocenters. The summed E-state index contributed by atoms with van der Waals surface area (Å²) in [6.45, 7) is 8.35. The molecule has 1 aliphatic rings. The fourth-order valence-electron chi connectivity index (χ4n) is 2.77. The molecule has 1 amide bonds. The number of rotatable bonds is 7. The third kappa shape index (κ3) is 5.14. The van der Waals surface area contributed by atoms with Crippen molar-refractivity contribution >= 4 is 5.91 Å². The minimum absolute atomic E-state index is 0.0683. The van der Waals surface area contributed by atoms with Gasteiger partial charge in [0.05, 0.1) is 12.9 Å². The highest BCUT2D eigenvalue weighted by Gasteiger charge is 2.27. The van der Waals surface area contributed by atoms with Gasteiger partial charge >= 0.3 is 0 Å². The van der Waals surface area contributed by atoms with Crippen LogP contribution in [0.4, 0.5) is 0 Å². The van der Waals surface area contributed by atoms with Gasteiger partial charge in [0.2, 0.25) is 5.91 Å². The van der Waals surface area contributed by atoms with Crippen LogP contribution in [0, 0.1) is 11.8 Å². The Hall–Kier alpha value is -1.33. The van der Waals surface area contributed by atoms with Crippen LogP contribution in [-0.2, 0) is 9.53 Å². The average Bonchev–Trinajstić information content (AvgIpc) is 3.00. The summed E-state index contributed by atoms with van der Waals surface area (Å²) >= 11 is 0. The Morgan fingerprint density at radius 3 is 2.95 bits per heavy atom. The summed E-state index contributed by atoms with van der Waals surface area (Å²) in [5.74, 6) is 1.39. The molecule has 1 aliphatic heterocycles. The Labute approximate surface area is 132 Å². The number of hydrogen-bond acceptors (Lipinski definition) is 4. The van der Waals surface area contributed by atoms with Crippen LogP contribution >= 0.6 is 0 Å². The summed E-state index contributed by atoms with van der Waals surface area (Å²) in [6.07, 6.45) is 3.39. The lowest BCUT2D eigenvalue weighted by atomic mass is 9.92. The molecule has 0 aliphatic carbocycles. The van der Waals surface area contributed by atoms with Gasteiger partial charge < -0.3 is 19.8 Å². The number of carbonyl (C=O) groups excluding carboxylic acids is 1. The van der Waals surface area contributed by atoms with Gasteiger partial charge in [0.1, 0.15) is 11.8 Å². The molecule has 0 saturated carbocycles. The van der Waals surface area contributed by atoms with E-state index in [2.05, 4.69) is 31.4 Å². The maximum atomic E-state index is 12.5. The Morgan fingerprint density at radius 2 is 2.32 bits per heavy atom. The van der Waals surface area contributed by atoms with Gasteiger partial charge in [0, 0.05) is 18.6 Å². The highest BCUT2D eigenvalue weighted by molar-refractivity contribution is 5.79. The van der Waals surface area contributed by atoms with Crippen LogP contribution < -0.4 is 10.6 Å². The lowest BCUT2D eigenvalue weighted by Crippen LogP contribution is -2.44. The Bertz CT molecular complexity index is 445. The first-order chi connectivity index (χ1) is 10.6. The van der Waals surface area contributed by atoms with Gasteiger partial charge in [-0.2, -0.15) is 0 Å². The molecule has 5 nitrogen and oxygen atoms in total. The van der Waals surface area contributed by atoms with Crippen LogP contribution in [0.2, 0.25) is 0 Å². The molecule has 2 rings (SSSR count). The summed E-state index contributed by atoms with van der Waals surface area (Å²) < 4.78 is 11.2. The topological polar surface area (TPSA) is 63.5 Å². The molecule has 1 aromatic heterocycles. The first-order valence-electron chi connectivity index (χ1n) is 8.21. The molecule has 0 aromatic carbocycles. The second kappa shape index (κ2) is 8.34. The van der Waals surface area contributed by atoms with Gasteiger partial charge in [0.25, 0.3) is 0 Å². The Balaban J connectivity index is 1.92. The third-order valence-electron chi connectivity index (χ3n) is 3.93. The second-order valence-corrected chi connectivity index (χ2v) is 6.58. The maximum absolute atomic E-state index is 12.5. The fraction of sp³-hybridized carbons (Fsp3) is 0.706. The van der Waals surface area contributed by atoms with Crippen LogP contribution in [0.5, 0.6) is 0 Å². The smallest absolute Gasteiger partial charge is 0.223 e. The lowest BCUT2D eigenvalue weighted by molar-refractivity contribution is -0.127. The number of amides is 1. The van der Waals surface area contributed by atoms with Crippen molar-refractivity contribution in [1.29, 1.82) is 0 Å². The summed E-state index contributed by atoms with van der Waals surface area (Å²) in [5.41, 5.74) is 0. The van der Waals surface area contributed by atoms with Gasteiger partial charge in [0.15, 0.2) is 0 Å². The standard InChI is InChI=1S/C17H28N2O3/c1-12(2)10-21-11-15(16-5-4-8-22-16)19-17(20)14-6-7-18-13(3)9-14/h4-5,8,12-15,18H,6-7,9-11H2,1-3H3,(H,19,20)/t13-,14-,15?/m0/s1. The zero-order valence-electron chi connectivity index (χ0n) is 13.8. The Kier molecular flexibility index (Phi) is 6.46. The molecule has 0 spiro atoms. The quantitative estimate of drug-likeness (QED) is 0.812. The van der Waals surface area contributed by atoms with Gasteiger partial charge in [-0.15, -0.1) is 0 Å². The van der Waals surface area contributed by atoms with E-state index in [4.69, 9.17) is 9.15 Å². The molecule has 124 valence electrons. The van der Waals surface area contributed by atoms with Crippen LogP contribution in [0.25, 0.3) is 0 Å². The van der Waals surface area contributed by atoms with Crippen molar-refractivity contribution in [2.75, 3.05) is 19.8 Å². The molecule has 1 saturated heterocycles. The molecular weight excluding hydrogens is 280 g/mol. The highest BCUT2D eigenvalue weighted by atomic mass is 16.5. The van der Waals surface area contributed by atoms with E-state index in [0.29, 0.717) is 25.2 Å². The maximum Gasteiger partial charge on any atom is 0.223 e. The van der Waals surface area contributed by atoms with E-state index in [1.54, 1.807) is 6.26 Å². The predicted octanol–water partition coefficient (Wildman–Crippen LogP) is 2.50. The highest BCUT2D eigenvalue weighted by Crippen LogP contribution is 2.20. The van der Waals surface area contributed by atoms with Crippen molar-refractivity contribution in [1.82, 2.24) is 10.6 Å². The fourth-order valence-corrected chi connectivity index (χ4v) is 2.77. The molecule has 2 heterocycles. The van der Waals surface area contributed by atoms with E-state index in [0.717, 1.165) is 25.1 Å². The first-order valence-corrected chi connectivity index (χ1v) is 8.21. The number of nitrogens with one attached hydrogen (secondary N) is 2. The second-order valence-electron chi connectivity index (χ2n) is 6.58. The van der Waals surface area contributed by atoms with E-state index < -0.39 is 0 Å². The monoisotopic (exact) mass is 308 g/mol. The number of piperidine rings is 1. The summed E-state index contributed by atoms with van der Waals surface area (Å²) in [5, 5.41) is 6.47. The van der Waals surface area contributed by atoms with E-state index >= 15 is 0 Å². The van der Waals surface area contributed by atoms with Crippen molar-refractivity contribution in [3.05, 3.63) is 24.2 Å². The summed E-state index contributed by atoms with van der Waals surface area (Å²) in [7, 11) is 0. The molecule has 1 unspecified atom stereocenters. The average molecular weight is 308 g/mol. The van der Waals surface area contributed by atoms with Crippen molar-refractivity contribution in [2.24, 2.45) is 11.8 Å². The number of ether oxygens (including phenoxy) is 1. The molecule has 1 fully saturated rings. The zero-order chi connectivity index (χ0) is 15.9. The van der Waals surface area contributed by atoms with E-state index in [-0.39, 0.29) is 17.9 Å². The van der Waals surface area contributed by atoms with Gasteiger partial charge in [-0.3, -0.25) is 4.79 Å². The normalized spacial score (nSPS) is 23.5. The molecule has 5 heteroatoms. The lowest BCUT2D eigenvalue weighted by Gasteiger charge is -2.28. The number of hydrogen-bond donors (Lipinski definition) is 2. The first kappa shape index (κ1) is 17.0. The molecule has 1 aromatic rings. The summed E-state index contributed by atoms with van der Waals surface area (Å²) in [4.78, 5) is 12.5. The third-order valence-corrected chi connectivity index (χ3v) is 3.93. The SMILES string of the molecule is CC(C)COCC(NC(=O)[C@H]1CCN[C@@H](C)C1)c1ccco1. The van der Waals surface area contributed by atoms with Crippen molar-refractivity contribution in [2.45, 2.75) is 45.7 Å². The van der Waals surface area contributed by atoms with Crippen LogP contribution in [0.1, 0.15) is 45.4 Å². The van der Waals surface area contributed by atoms with Gasteiger partial charge in [-0.1, -0.05) is 13.8 Å². The van der Waals surface area contributed by atoms with Crippen LogP contribution in [0.3, 0.4) is 0 Å². The van der Waals surface area contributed by atoms with E-state index in [1.807, 2.05) is 12.1 Å². The number of furan rings is 1. The van der Waals surface area contributed by atoms with Crippen molar-refractivity contribution < 1.29 is 13.9 Å². The van der Waals surface area contributed by atoms with E-state index in [1.165, 1.54) is 0 Å². The van der Waals surface area contributed by atoms with Crippen LogP contribution in [0.15, 0.2) is 22.8 Å². The molecular formula is C17H28N2O3. The van der Waals surface area contributed by atoms with Gasteiger partial charge in [-0.05, 0) is 44.4 Å². The van der Waals surface area contributed by atoms with Crippen LogP contribution in [-0.4, -0.2) is 31.7 Å². The Morgan fingerprint density at radius 1 is 1.50 bits per heavy atom. The minimum Gasteiger partial charge on any atom is -0.467 e. The molecule has 0 bridgehead atoms. The summed E-state index contributed by atoms with van der Waals surface area (Å²) in [6, 6.07) is 3.90. The number of carbonyl (C=O) groups is 1. The van der Waals surface area contributed by atoms with Gasteiger partial charge in [-0.25, -0.2) is 0 Å². The largest absolute Gasteiger partial charge is 0.467 e. The van der Waals surface area contributed by atoms with Crippen molar-refractivity contribution in [3.8, 4) is 0 Å². The molecule has 2 N–H and O–H groups in total. The van der Waals surface area contributed by atoms with Crippen molar-refractivity contribution in [3.63, 3.8) is 0 Å². The van der Waals surface area contributed by atoms with E-state index in [9.17, 15) is 4.79 Å². The molecule has 22 heavy (non-hydrogen) atoms. The molecule has 0 radical (unpaired) electrons.